The van der Waals surface area contributed by atoms with Gasteiger partial charge in [0.15, 0.2) is 0 Å². The van der Waals surface area contributed by atoms with Crippen LogP contribution in [0.5, 0.6) is 0 Å². The van der Waals surface area contributed by atoms with Gasteiger partial charge in [-0.15, -0.1) is 0 Å². The van der Waals surface area contributed by atoms with E-state index in [4.69, 9.17) is 4.74 Å². The minimum Gasteiger partial charge on any atom is -0.466 e. The van der Waals surface area contributed by atoms with Crippen molar-refractivity contribution >= 4 is 11.9 Å². The minimum atomic E-state index is -0.675. The Morgan fingerprint density at radius 2 is 0.734 bits per heavy atom. The third-order valence-corrected chi connectivity index (χ3v) is 13.2. The highest BCUT2D eigenvalue weighted by atomic mass is 16.5. The molecule has 0 spiro atoms. The Morgan fingerprint density at radius 3 is 1.11 bits per heavy atom. The smallest absolute Gasteiger partial charge is 0.305 e. The Bertz CT molecular complexity index is 997. The van der Waals surface area contributed by atoms with Gasteiger partial charge in [-0.3, -0.25) is 9.59 Å². The third kappa shape index (κ3) is 49.8. The highest BCUT2D eigenvalue weighted by molar-refractivity contribution is 5.76. The number of hydrogen-bond donors (Lipinski definition) is 3. The van der Waals surface area contributed by atoms with E-state index in [0.29, 0.717) is 25.9 Å². The van der Waals surface area contributed by atoms with Crippen molar-refractivity contribution in [1.29, 1.82) is 0 Å². The van der Waals surface area contributed by atoms with Crippen LogP contribution in [-0.4, -0.2) is 47.4 Å². The molecular weight excluding hydrogens is 791 g/mol. The van der Waals surface area contributed by atoms with Gasteiger partial charge in [0.1, 0.15) is 0 Å². The van der Waals surface area contributed by atoms with Crippen molar-refractivity contribution in [2.75, 3.05) is 13.2 Å². The maximum absolute atomic E-state index is 12.5. The van der Waals surface area contributed by atoms with E-state index in [1.807, 2.05) is 0 Å². The van der Waals surface area contributed by atoms with Gasteiger partial charge in [0.25, 0.3) is 0 Å². The molecule has 0 aromatic rings. The molecule has 1 amide bonds. The van der Waals surface area contributed by atoms with Gasteiger partial charge in [0.05, 0.1) is 25.4 Å². The zero-order chi connectivity index (χ0) is 46.5. The molecule has 0 saturated carbocycles. The normalized spacial score (nSPS) is 12.8. The molecule has 0 saturated heterocycles. The standard InChI is InChI=1S/C58H111NO5/c1-3-5-7-9-11-13-15-17-19-20-23-26-30-34-38-42-46-50-56(61)55(54-60)59-57(62)51-47-43-39-35-31-27-24-21-22-25-29-33-37-41-45-49-53-64-58(63)52-48-44-40-36-32-28-18-16-14-12-10-8-6-4-2/h16,18,21,24,55-56,60-61H,3-15,17,19-20,22-23,25-54H2,1-2H3,(H,59,62)/b18-16-,24-21-. The van der Waals surface area contributed by atoms with Gasteiger partial charge in [-0.25, -0.2) is 0 Å². The molecule has 0 aromatic carbocycles. The van der Waals surface area contributed by atoms with Gasteiger partial charge < -0.3 is 20.3 Å². The van der Waals surface area contributed by atoms with Crippen LogP contribution in [0.1, 0.15) is 309 Å². The van der Waals surface area contributed by atoms with Crippen molar-refractivity contribution in [2.24, 2.45) is 0 Å². The molecule has 2 atom stereocenters. The first-order valence-electron chi connectivity index (χ1n) is 28.6. The van der Waals surface area contributed by atoms with E-state index >= 15 is 0 Å². The van der Waals surface area contributed by atoms with Crippen LogP contribution in [0, 0.1) is 0 Å². The van der Waals surface area contributed by atoms with Crippen molar-refractivity contribution in [2.45, 2.75) is 321 Å². The summed E-state index contributed by atoms with van der Waals surface area (Å²) in [6.07, 6.45) is 64.4. The van der Waals surface area contributed by atoms with Crippen LogP contribution in [-0.2, 0) is 14.3 Å². The van der Waals surface area contributed by atoms with E-state index in [1.54, 1.807) is 0 Å². The average molecular weight is 903 g/mol. The average Bonchev–Trinajstić information content (AvgIpc) is 3.29. The van der Waals surface area contributed by atoms with Crippen LogP contribution < -0.4 is 5.32 Å². The topological polar surface area (TPSA) is 95.9 Å². The van der Waals surface area contributed by atoms with Gasteiger partial charge in [-0.05, 0) is 77.0 Å². The highest BCUT2D eigenvalue weighted by Gasteiger charge is 2.20. The molecule has 3 N–H and O–H groups in total. The lowest BCUT2D eigenvalue weighted by Gasteiger charge is -2.22. The van der Waals surface area contributed by atoms with Crippen molar-refractivity contribution in [3.8, 4) is 0 Å². The van der Waals surface area contributed by atoms with Crippen LogP contribution in [0.25, 0.3) is 0 Å². The number of hydrogen-bond acceptors (Lipinski definition) is 5. The molecule has 2 unspecified atom stereocenters. The number of unbranched alkanes of at least 4 members (excludes halogenated alkanes) is 38. The molecule has 0 aliphatic rings. The third-order valence-electron chi connectivity index (χ3n) is 13.2. The molecule has 0 aromatic heterocycles. The van der Waals surface area contributed by atoms with Gasteiger partial charge in [0.2, 0.25) is 5.91 Å². The molecule has 0 rings (SSSR count). The maximum atomic E-state index is 12.5. The molecule has 0 bridgehead atoms. The summed E-state index contributed by atoms with van der Waals surface area (Å²) in [5.74, 6) is -0.0617. The largest absolute Gasteiger partial charge is 0.466 e. The summed E-state index contributed by atoms with van der Waals surface area (Å²) in [5, 5.41) is 23.3. The molecule has 0 aliphatic carbocycles. The van der Waals surface area contributed by atoms with Crippen LogP contribution in [0.4, 0.5) is 0 Å². The number of ether oxygens (including phenoxy) is 1. The quantitative estimate of drug-likeness (QED) is 0.0321. The van der Waals surface area contributed by atoms with Crippen molar-refractivity contribution in [1.82, 2.24) is 5.32 Å². The number of carbonyl (C=O) groups is 2. The monoisotopic (exact) mass is 902 g/mol. The fraction of sp³-hybridized carbons (Fsp3) is 0.897. The first kappa shape index (κ1) is 62.3. The summed E-state index contributed by atoms with van der Waals surface area (Å²) < 4.78 is 5.46. The van der Waals surface area contributed by atoms with Crippen molar-refractivity contribution in [3.63, 3.8) is 0 Å². The van der Waals surface area contributed by atoms with E-state index in [0.717, 1.165) is 64.2 Å². The summed E-state index contributed by atoms with van der Waals surface area (Å²) in [5.41, 5.74) is 0. The van der Waals surface area contributed by atoms with E-state index in [2.05, 4.69) is 43.5 Å². The molecule has 0 radical (unpaired) electrons. The highest BCUT2D eigenvalue weighted by Crippen LogP contribution is 2.17. The van der Waals surface area contributed by atoms with E-state index in [9.17, 15) is 19.8 Å². The number of carbonyl (C=O) groups excluding carboxylic acids is 2. The lowest BCUT2D eigenvalue weighted by atomic mass is 10.0. The van der Waals surface area contributed by atoms with Crippen molar-refractivity contribution in [3.05, 3.63) is 24.3 Å². The number of amides is 1. The van der Waals surface area contributed by atoms with E-state index in [-0.39, 0.29) is 18.5 Å². The number of esters is 1. The zero-order valence-corrected chi connectivity index (χ0v) is 43.0. The van der Waals surface area contributed by atoms with E-state index < -0.39 is 12.1 Å². The lowest BCUT2D eigenvalue weighted by molar-refractivity contribution is -0.143. The molecule has 0 aliphatic heterocycles. The summed E-state index contributed by atoms with van der Waals surface area (Å²) in [7, 11) is 0. The van der Waals surface area contributed by atoms with Crippen LogP contribution in [0.2, 0.25) is 0 Å². The van der Waals surface area contributed by atoms with Gasteiger partial charge in [0, 0.05) is 12.8 Å². The van der Waals surface area contributed by atoms with Crippen LogP contribution in [0.15, 0.2) is 24.3 Å². The predicted octanol–water partition coefficient (Wildman–Crippen LogP) is 17.5. The molecule has 6 nitrogen and oxygen atoms in total. The summed E-state index contributed by atoms with van der Waals surface area (Å²) in [4.78, 5) is 24.5. The Balaban J connectivity index is 3.47. The summed E-state index contributed by atoms with van der Waals surface area (Å²) in [6, 6.07) is -0.554. The minimum absolute atomic E-state index is 0.0111. The molecule has 378 valence electrons. The predicted molar refractivity (Wildman–Crippen MR) is 278 cm³/mol. The first-order valence-corrected chi connectivity index (χ1v) is 28.6. The first-order chi connectivity index (χ1) is 31.5. The van der Waals surface area contributed by atoms with Gasteiger partial charge in [-0.1, -0.05) is 244 Å². The second-order valence-corrected chi connectivity index (χ2v) is 19.6. The van der Waals surface area contributed by atoms with Crippen molar-refractivity contribution < 1.29 is 24.5 Å². The molecule has 64 heavy (non-hydrogen) atoms. The Kier molecular flexibility index (Phi) is 52.6. The summed E-state index contributed by atoms with van der Waals surface area (Å²) in [6.45, 7) is 4.93. The second kappa shape index (κ2) is 54.0. The molecule has 0 heterocycles. The molecular formula is C58H111NO5. The fourth-order valence-corrected chi connectivity index (χ4v) is 8.81. The maximum Gasteiger partial charge on any atom is 0.305 e. The number of nitrogens with one attached hydrogen (secondary N) is 1. The van der Waals surface area contributed by atoms with Gasteiger partial charge in [-0.2, -0.15) is 0 Å². The fourth-order valence-electron chi connectivity index (χ4n) is 8.81. The van der Waals surface area contributed by atoms with Crippen LogP contribution >= 0.6 is 0 Å². The Labute approximate surface area is 399 Å². The SMILES string of the molecule is CCCCCCC/C=C\CCCCCCCC(=O)OCCCCCCCCC/C=C\CCCCCCCC(=O)NC(CO)C(O)CCCCCCCCCCCCCCCCCCC. The number of aliphatic hydroxyl groups is 2. The van der Waals surface area contributed by atoms with Gasteiger partial charge >= 0.3 is 5.97 Å². The number of allylic oxidation sites excluding steroid dienone is 4. The molecule has 0 fully saturated rings. The zero-order valence-electron chi connectivity index (χ0n) is 43.0. The number of aliphatic hydroxyl groups excluding tert-OH is 2. The number of rotatable bonds is 53. The van der Waals surface area contributed by atoms with Crippen LogP contribution in [0.3, 0.4) is 0 Å². The Morgan fingerprint density at radius 1 is 0.422 bits per heavy atom. The summed E-state index contributed by atoms with van der Waals surface area (Å²) >= 11 is 0. The molecule has 6 heteroatoms. The lowest BCUT2D eigenvalue weighted by Crippen LogP contribution is -2.45. The second-order valence-electron chi connectivity index (χ2n) is 19.6. The Hall–Kier alpha value is -1.66. The van der Waals surface area contributed by atoms with E-state index in [1.165, 1.54) is 212 Å².